The number of nitrogens with one attached hydrogen (secondary N) is 1. The molecule has 0 spiro atoms. The van der Waals surface area contributed by atoms with Gasteiger partial charge in [-0.3, -0.25) is 9.69 Å². The van der Waals surface area contributed by atoms with Crippen molar-refractivity contribution in [3.63, 3.8) is 0 Å². The van der Waals surface area contributed by atoms with Crippen molar-refractivity contribution in [2.45, 2.75) is 33.1 Å². The van der Waals surface area contributed by atoms with Crippen molar-refractivity contribution in [3.8, 4) is 0 Å². The van der Waals surface area contributed by atoms with Gasteiger partial charge in [-0.15, -0.1) is 11.3 Å². The maximum absolute atomic E-state index is 11.9. The lowest BCUT2D eigenvalue weighted by Gasteiger charge is -2.18. The molecule has 26 heavy (non-hydrogen) atoms. The highest BCUT2D eigenvalue weighted by Gasteiger charge is 2.27. The summed E-state index contributed by atoms with van der Waals surface area (Å²) in [5.74, 6) is 2.00. The van der Waals surface area contributed by atoms with E-state index >= 15 is 0 Å². The van der Waals surface area contributed by atoms with Crippen molar-refractivity contribution in [3.05, 3.63) is 28.2 Å². The van der Waals surface area contributed by atoms with E-state index in [2.05, 4.69) is 32.1 Å². The molecule has 8 heteroatoms. The van der Waals surface area contributed by atoms with Gasteiger partial charge in [0.15, 0.2) is 5.13 Å². The molecule has 0 aromatic carbocycles. The minimum absolute atomic E-state index is 0.140. The minimum atomic E-state index is 0.140. The Labute approximate surface area is 158 Å². The van der Waals surface area contributed by atoms with E-state index in [9.17, 15) is 4.79 Å². The Hall–Kier alpha value is -2.06. The molecule has 1 amide bonds. The van der Waals surface area contributed by atoms with Crippen LogP contribution >= 0.6 is 11.3 Å². The Bertz CT molecular complexity index is 783. The number of rotatable bonds is 5. The number of likely N-dealkylation sites (tertiary alicyclic amines) is 1. The number of amides is 1. The molecule has 2 aromatic rings. The molecule has 0 radical (unpaired) electrons. The highest BCUT2D eigenvalue weighted by atomic mass is 32.1. The first-order valence-corrected chi connectivity index (χ1v) is 9.62. The van der Waals surface area contributed by atoms with Gasteiger partial charge in [-0.1, -0.05) is 0 Å². The molecule has 1 atom stereocenters. The second kappa shape index (κ2) is 7.67. The van der Waals surface area contributed by atoms with Gasteiger partial charge in [-0.25, -0.2) is 15.0 Å². The molecule has 1 aliphatic rings. The van der Waals surface area contributed by atoms with Crippen LogP contribution in [0.15, 0.2) is 6.07 Å². The molecule has 140 valence electrons. The Morgan fingerprint density at radius 3 is 2.73 bits per heavy atom. The minimum Gasteiger partial charge on any atom is -0.348 e. The predicted octanol–water partition coefficient (Wildman–Crippen LogP) is 2.48. The normalized spacial score (nSPS) is 17.5. The van der Waals surface area contributed by atoms with Crippen LogP contribution in [0.1, 0.15) is 34.4 Å². The molecular formula is C18H26N6OS. The summed E-state index contributed by atoms with van der Waals surface area (Å²) in [6, 6.07) is 2.01. The zero-order valence-electron chi connectivity index (χ0n) is 16.0. The zero-order valence-corrected chi connectivity index (χ0v) is 16.9. The fourth-order valence-electron chi connectivity index (χ4n) is 3.05. The highest BCUT2D eigenvalue weighted by Crippen LogP contribution is 2.29. The fraction of sp³-hybridized carbons (Fsp3) is 0.556. The van der Waals surface area contributed by atoms with Crippen LogP contribution in [0.3, 0.4) is 0 Å². The molecule has 1 N–H and O–H groups in total. The monoisotopic (exact) mass is 374 g/mol. The topological polar surface area (TPSA) is 74.2 Å². The smallest absolute Gasteiger partial charge is 0.236 e. The summed E-state index contributed by atoms with van der Waals surface area (Å²) in [7, 11) is 3.59. The van der Waals surface area contributed by atoms with E-state index in [-0.39, 0.29) is 5.91 Å². The molecule has 1 fully saturated rings. The van der Waals surface area contributed by atoms with E-state index in [1.54, 1.807) is 30.3 Å². The lowest BCUT2D eigenvalue weighted by molar-refractivity contribution is -0.129. The average molecular weight is 375 g/mol. The predicted molar refractivity (Wildman–Crippen MR) is 104 cm³/mol. The number of hydrogen-bond acceptors (Lipinski definition) is 7. The molecule has 0 unspecified atom stereocenters. The highest BCUT2D eigenvalue weighted by molar-refractivity contribution is 7.15. The summed E-state index contributed by atoms with van der Waals surface area (Å²) in [6.07, 6.45) is 1.01. The third-order valence-corrected chi connectivity index (χ3v) is 5.66. The number of thiazole rings is 1. The number of anilines is 2. The van der Waals surface area contributed by atoms with Crippen molar-refractivity contribution in [1.29, 1.82) is 0 Å². The maximum Gasteiger partial charge on any atom is 0.236 e. The third kappa shape index (κ3) is 4.37. The number of hydrogen-bond donors (Lipinski definition) is 1. The van der Waals surface area contributed by atoms with Crippen LogP contribution in [0.25, 0.3) is 0 Å². The number of carbonyl (C=O) groups excluding carboxylic acids is 1. The number of nitrogens with zero attached hydrogens (tertiary/aromatic N) is 5. The Kier molecular flexibility index (Phi) is 5.52. The second-order valence-electron chi connectivity index (χ2n) is 7.02. The summed E-state index contributed by atoms with van der Waals surface area (Å²) in [6.45, 7) is 8.23. The number of aryl methyl sites for hydroxylation is 3. The first-order valence-electron chi connectivity index (χ1n) is 8.81. The van der Waals surface area contributed by atoms with Crippen LogP contribution < -0.4 is 5.32 Å². The van der Waals surface area contributed by atoms with Crippen LogP contribution in [0.4, 0.5) is 10.9 Å². The first-order chi connectivity index (χ1) is 12.3. The van der Waals surface area contributed by atoms with Crippen LogP contribution in [-0.2, 0) is 4.79 Å². The summed E-state index contributed by atoms with van der Waals surface area (Å²) < 4.78 is 0. The van der Waals surface area contributed by atoms with Crippen molar-refractivity contribution < 1.29 is 4.79 Å². The maximum atomic E-state index is 11.9. The average Bonchev–Trinajstić information content (AvgIpc) is 3.14. The van der Waals surface area contributed by atoms with Crippen molar-refractivity contribution in [1.82, 2.24) is 24.8 Å². The summed E-state index contributed by atoms with van der Waals surface area (Å²) in [5.41, 5.74) is 2.07. The van der Waals surface area contributed by atoms with Crippen LogP contribution in [0.2, 0.25) is 0 Å². The second-order valence-corrected chi connectivity index (χ2v) is 8.22. The molecule has 3 rings (SSSR count). The SMILES string of the molecule is Cc1nc(Nc2nc(C)c(C)s2)cc([C@H]2CCN(CC(=O)N(C)C)C2)n1. The molecule has 7 nitrogen and oxygen atoms in total. The lowest BCUT2D eigenvalue weighted by Crippen LogP contribution is -2.35. The molecular weight excluding hydrogens is 348 g/mol. The molecule has 1 aliphatic heterocycles. The molecule has 1 saturated heterocycles. The zero-order chi connectivity index (χ0) is 18.8. The standard InChI is InChI=1S/C18H26N6OS/c1-11-12(2)26-18(19-11)22-16-8-15(20-13(3)21-16)14-6-7-24(9-14)10-17(25)23(4)5/h8,14H,6-7,9-10H2,1-5H3,(H,19,20,21,22)/t14-/m0/s1. The molecule has 2 aromatic heterocycles. The largest absolute Gasteiger partial charge is 0.348 e. The van der Waals surface area contributed by atoms with Gasteiger partial charge in [0.25, 0.3) is 0 Å². The summed E-state index contributed by atoms with van der Waals surface area (Å²) in [5, 5.41) is 4.17. The first kappa shape index (κ1) is 18.7. The van der Waals surface area contributed by atoms with Gasteiger partial charge in [-0.2, -0.15) is 0 Å². The summed E-state index contributed by atoms with van der Waals surface area (Å²) >= 11 is 1.63. The number of aromatic nitrogens is 3. The van der Waals surface area contributed by atoms with E-state index in [4.69, 9.17) is 0 Å². The van der Waals surface area contributed by atoms with E-state index in [0.29, 0.717) is 12.5 Å². The van der Waals surface area contributed by atoms with Crippen LogP contribution in [-0.4, -0.2) is 64.4 Å². The van der Waals surface area contributed by atoms with Gasteiger partial charge in [0, 0.05) is 37.5 Å². The molecule has 0 aliphatic carbocycles. The fourth-order valence-corrected chi connectivity index (χ4v) is 3.87. The quantitative estimate of drug-likeness (QED) is 0.867. The number of likely N-dealkylation sites (N-methyl/N-ethyl adjacent to an activating group) is 1. The molecule has 0 saturated carbocycles. The Balaban J connectivity index is 1.71. The Morgan fingerprint density at radius 2 is 2.08 bits per heavy atom. The van der Waals surface area contributed by atoms with Gasteiger partial charge >= 0.3 is 0 Å². The van der Waals surface area contributed by atoms with E-state index in [1.807, 2.05) is 19.9 Å². The number of carbonyl (C=O) groups is 1. The van der Waals surface area contributed by atoms with Gasteiger partial charge in [0.05, 0.1) is 17.9 Å². The van der Waals surface area contributed by atoms with Gasteiger partial charge in [0.2, 0.25) is 5.91 Å². The van der Waals surface area contributed by atoms with Crippen LogP contribution in [0, 0.1) is 20.8 Å². The van der Waals surface area contributed by atoms with Gasteiger partial charge in [0.1, 0.15) is 11.6 Å². The lowest BCUT2D eigenvalue weighted by atomic mass is 10.0. The van der Waals surface area contributed by atoms with Crippen molar-refractivity contribution >= 4 is 28.2 Å². The van der Waals surface area contributed by atoms with E-state index in [1.165, 1.54) is 4.88 Å². The van der Waals surface area contributed by atoms with Crippen LogP contribution in [0.5, 0.6) is 0 Å². The van der Waals surface area contributed by atoms with Gasteiger partial charge in [-0.05, 0) is 33.7 Å². The van der Waals surface area contributed by atoms with Crippen molar-refractivity contribution in [2.75, 3.05) is 39.0 Å². The van der Waals surface area contributed by atoms with E-state index < -0.39 is 0 Å². The molecule has 0 bridgehead atoms. The molecule has 3 heterocycles. The Morgan fingerprint density at radius 1 is 1.31 bits per heavy atom. The van der Waals surface area contributed by atoms with Gasteiger partial charge < -0.3 is 10.2 Å². The van der Waals surface area contributed by atoms with Crippen molar-refractivity contribution in [2.24, 2.45) is 0 Å². The third-order valence-electron chi connectivity index (χ3n) is 4.67. The van der Waals surface area contributed by atoms with E-state index in [0.717, 1.165) is 47.7 Å². The summed E-state index contributed by atoms with van der Waals surface area (Å²) in [4.78, 5) is 30.6.